The Labute approximate surface area is 92.3 Å². The molecule has 4 heteroatoms. The Morgan fingerprint density at radius 3 is 2.36 bits per heavy atom. The number of benzene rings is 1. The average Bonchev–Trinajstić information content (AvgIpc) is 2.16. The summed E-state index contributed by atoms with van der Waals surface area (Å²) < 4.78 is 11.2. The summed E-state index contributed by atoms with van der Waals surface area (Å²) in [5.41, 5.74) is 6.81. The van der Waals surface area contributed by atoms with Crippen LogP contribution >= 0.6 is 15.9 Å². The highest BCUT2D eigenvalue weighted by atomic mass is 79.9. The monoisotopic (exact) mass is 259 g/mol. The van der Waals surface area contributed by atoms with Gasteiger partial charge in [0.15, 0.2) is 11.5 Å². The predicted octanol–water partition coefficient (Wildman–Crippen LogP) is 2.49. The van der Waals surface area contributed by atoms with E-state index in [1.807, 2.05) is 19.1 Å². The van der Waals surface area contributed by atoms with E-state index >= 15 is 0 Å². The molecule has 0 radical (unpaired) electrons. The molecule has 1 aromatic carbocycles. The Balaban J connectivity index is 3.27. The summed E-state index contributed by atoms with van der Waals surface area (Å²) >= 11 is 3.45. The molecule has 0 aromatic heterocycles. The van der Waals surface area contributed by atoms with Crippen LogP contribution in [0.15, 0.2) is 16.6 Å². The second-order valence-electron chi connectivity index (χ2n) is 2.99. The topological polar surface area (TPSA) is 44.5 Å². The highest BCUT2D eigenvalue weighted by molar-refractivity contribution is 9.10. The minimum atomic E-state index is -0.0378. The quantitative estimate of drug-likeness (QED) is 0.908. The van der Waals surface area contributed by atoms with Gasteiger partial charge in [-0.2, -0.15) is 0 Å². The van der Waals surface area contributed by atoms with Crippen LogP contribution in [0.2, 0.25) is 0 Å². The molecule has 0 amide bonds. The molecule has 0 bridgehead atoms. The molecule has 0 spiro atoms. The molecule has 1 rings (SSSR count). The second kappa shape index (κ2) is 4.66. The van der Waals surface area contributed by atoms with Gasteiger partial charge in [0.1, 0.15) is 0 Å². The molecule has 1 atom stereocenters. The lowest BCUT2D eigenvalue weighted by molar-refractivity contribution is 0.352. The van der Waals surface area contributed by atoms with Crippen LogP contribution in [0.3, 0.4) is 0 Å². The molecule has 78 valence electrons. The largest absolute Gasteiger partial charge is 0.493 e. The molecule has 0 aliphatic rings. The van der Waals surface area contributed by atoms with Gasteiger partial charge in [-0.1, -0.05) is 6.07 Å². The van der Waals surface area contributed by atoms with Crippen molar-refractivity contribution < 1.29 is 9.47 Å². The molecule has 0 unspecified atom stereocenters. The van der Waals surface area contributed by atoms with E-state index in [1.54, 1.807) is 14.2 Å². The molecule has 0 aliphatic heterocycles. The highest BCUT2D eigenvalue weighted by Crippen LogP contribution is 2.39. The minimum Gasteiger partial charge on any atom is -0.493 e. The van der Waals surface area contributed by atoms with Crippen LogP contribution in [-0.4, -0.2) is 14.2 Å². The molecule has 0 fully saturated rings. The fourth-order valence-corrected chi connectivity index (χ4v) is 2.11. The normalized spacial score (nSPS) is 12.4. The summed E-state index contributed by atoms with van der Waals surface area (Å²) in [5.74, 6) is 1.38. The van der Waals surface area contributed by atoms with Gasteiger partial charge in [-0.25, -0.2) is 0 Å². The molecule has 14 heavy (non-hydrogen) atoms. The number of methoxy groups -OCH3 is 2. The van der Waals surface area contributed by atoms with Crippen LogP contribution in [-0.2, 0) is 0 Å². The molecular formula is C10H14BrNO2. The van der Waals surface area contributed by atoms with Crippen LogP contribution in [0.25, 0.3) is 0 Å². The van der Waals surface area contributed by atoms with Gasteiger partial charge < -0.3 is 15.2 Å². The van der Waals surface area contributed by atoms with Gasteiger partial charge in [-0.05, 0) is 34.5 Å². The summed E-state index contributed by atoms with van der Waals surface area (Å²) in [5, 5.41) is 0. The molecule has 0 heterocycles. The Hall–Kier alpha value is -0.740. The van der Waals surface area contributed by atoms with Gasteiger partial charge in [0, 0.05) is 6.04 Å². The number of rotatable bonds is 3. The zero-order chi connectivity index (χ0) is 10.7. The van der Waals surface area contributed by atoms with Crippen molar-refractivity contribution in [2.75, 3.05) is 14.2 Å². The summed E-state index contributed by atoms with van der Waals surface area (Å²) in [6, 6.07) is 3.74. The zero-order valence-corrected chi connectivity index (χ0v) is 10.1. The first-order valence-electron chi connectivity index (χ1n) is 4.27. The lowest BCUT2D eigenvalue weighted by Crippen LogP contribution is -2.06. The highest BCUT2D eigenvalue weighted by Gasteiger charge is 2.14. The van der Waals surface area contributed by atoms with Crippen molar-refractivity contribution >= 4 is 15.9 Å². The standard InChI is InChI=1S/C10H14BrNO2/c1-6(12)7-4-5-8(13-2)10(14-3)9(7)11/h4-6H,12H2,1-3H3/t6-/m0/s1. The van der Waals surface area contributed by atoms with Crippen molar-refractivity contribution in [2.45, 2.75) is 13.0 Å². The van der Waals surface area contributed by atoms with E-state index in [2.05, 4.69) is 15.9 Å². The van der Waals surface area contributed by atoms with Crippen LogP contribution in [0, 0.1) is 0 Å². The Kier molecular flexibility index (Phi) is 3.77. The van der Waals surface area contributed by atoms with E-state index in [4.69, 9.17) is 15.2 Å². The maximum Gasteiger partial charge on any atom is 0.175 e. The maximum absolute atomic E-state index is 5.80. The number of halogens is 1. The lowest BCUT2D eigenvalue weighted by Gasteiger charge is -2.14. The first-order chi connectivity index (χ1) is 6.61. The third-order valence-electron chi connectivity index (χ3n) is 2.01. The average molecular weight is 260 g/mol. The van der Waals surface area contributed by atoms with Gasteiger partial charge in [0.2, 0.25) is 0 Å². The number of nitrogens with two attached hydrogens (primary N) is 1. The van der Waals surface area contributed by atoms with Crippen molar-refractivity contribution in [2.24, 2.45) is 5.73 Å². The molecular weight excluding hydrogens is 246 g/mol. The van der Waals surface area contributed by atoms with E-state index in [-0.39, 0.29) is 6.04 Å². The zero-order valence-electron chi connectivity index (χ0n) is 8.50. The fourth-order valence-electron chi connectivity index (χ4n) is 1.26. The smallest absolute Gasteiger partial charge is 0.175 e. The van der Waals surface area contributed by atoms with Crippen LogP contribution in [0.5, 0.6) is 11.5 Å². The van der Waals surface area contributed by atoms with Crippen molar-refractivity contribution in [1.29, 1.82) is 0 Å². The van der Waals surface area contributed by atoms with E-state index in [9.17, 15) is 0 Å². The van der Waals surface area contributed by atoms with Gasteiger partial charge in [0.05, 0.1) is 18.7 Å². The Morgan fingerprint density at radius 2 is 1.93 bits per heavy atom. The molecule has 1 aromatic rings. The van der Waals surface area contributed by atoms with Gasteiger partial charge in [-0.3, -0.25) is 0 Å². The van der Waals surface area contributed by atoms with E-state index in [0.717, 1.165) is 10.0 Å². The molecule has 2 N–H and O–H groups in total. The summed E-state index contributed by atoms with van der Waals surface area (Å²) in [7, 11) is 3.21. The van der Waals surface area contributed by atoms with E-state index in [0.29, 0.717) is 11.5 Å². The second-order valence-corrected chi connectivity index (χ2v) is 3.79. The van der Waals surface area contributed by atoms with Crippen LogP contribution in [0.1, 0.15) is 18.5 Å². The van der Waals surface area contributed by atoms with Gasteiger partial charge in [-0.15, -0.1) is 0 Å². The van der Waals surface area contributed by atoms with Crippen LogP contribution in [0.4, 0.5) is 0 Å². The van der Waals surface area contributed by atoms with E-state index in [1.165, 1.54) is 0 Å². The summed E-state index contributed by atoms with van der Waals surface area (Å²) in [4.78, 5) is 0. The Morgan fingerprint density at radius 1 is 1.29 bits per heavy atom. The van der Waals surface area contributed by atoms with E-state index < -0.39 is 0 Å². The molecule has 0 aliphatic carbocycles. The predicted molar refractivity (Wildman–Crippen MR) is 59.8 cm³/mol. The van der Waals surface area contributed by atoms with Crippen molar-refractivity contribution in [3.8, 4) is 11.5 Å². The number of hydrogen-bond donors (Lipinski definition) is 1. The molecule has 0 saturated heterocycles. The van der Waals surface area contributed by atoms with Crippen LogP contribution < -0.4 is 15.2 Å². The van der Waals surface area contributed by atoms with Gasteiger partial charge in [0.25, 0.3) is 0 Å². The Bertz CT molecular complexity index is 326. The van der Waals surface area contributed by atoms with Crippen molar-refractivity contribution in [1.82, 2.24) is 0 Å². The van der Waals surface area contributed by atoms with Crippen molar-refractivity contribution in [3.05, 3.63) is 22.2 Å². The third-order valence-corrected chi connectivity index (χ3v) is 2.82. The van der Waals surface area contributed by atoms with Gasteiger partial charge >= 0.3 is 0 Å². The molecule has 0 saturated carbocycles. The SMILES string of the molecule is COc1ccc([C@H](C)N)c(Br)c1OC. The third kappa shape index (κ3) is 2.01. The molecule has 3 nitrogen and oxygen atoms in total. The number of ether oxygens (including phenoxy) is 2. The minimum absolute atomic E-state index is 0.0378. The lowest BCUT2D eigenvalue weighted by atomic mass is 10.1. The number of hydrogen-bond acceptors (Lipinski definition) is 3. The maximum atomic E-state index is 5.80. The van der Waals surface area contributed by atoms with Crippen molar-refractivity contribution in [3.63, 3.8) is 0 Å². The first kappa shape index (κ1) is 11.3. The fraction of sp³-hybridized carbons (Fsp3) is 0.400. The summed E-state index contributed by atoms with van der Waals surface area (Å²) in [6.45, 7) is 1.92. The summed E-state index contributed by atoms with van der Waals surface area (Å²) in [6.07, 6.45) is 0. The first-order valence-corrected chi connectivity index (χ1v) is 5.07.